The minimum atomic E-state index is -0.560. The van der Waals surface area contributed by atoms with Crippen molar-refractivity contribution >= 4 is 28.4 Å². The molecule has 4 aromatic rings. The van der Waals surface area contributed by atoms with Crippen LogP contribution < -0.4 is 11.1 Å². The van der Waals surface area contributed by atoms with Gasteiger partial charge in [0.15, 0.2) is 0 Å². The number of carbonyl (C=O) groups is 1. The number of phenols is 1. The average molecular weight is 359 g/mol. The van der Waals surface area contributed by atoms with Crippen LogP contribution in [0.2, 0.25) is 0 Å². The molecule has 4 N–H and O–H groups in total. The molecule has 2 aromatic carbocycles. The van der Waals surface area contributed by atoms with Crippen molar-refractivity contribution in [2.75, 3.05) is 5.32 Å². The first-order chi connectivity index (χ1) is 13.1. The van der Waals surface area contributed by atoms with E-state index in [2.05, 4.69) is 19.9 Å². The predicted octanol–water partition coefficient (Wildman–Crippen LogP) is 3.03. The van der Waals surface area contributed by atoms with E-state index in [0.29, 0.717) is 12.5 Å². The summed E-state index contributed by atoms with van der Waals surface area (Å²) in [5.74, 6) is 0.0821. The minimum absolute atomic E-state index is 0.255. The number of aromatic hydroxyl groups is 1. The smallest absolute Gasteiger partial charge is 0.251 e. The first kappa shape index (κ1) is 16.6. The van der Waals surface area contributed by atoms with Gasteiger partial charge < -0.3 is 20.7 Å². The Hall–Kier alpha value is -3.87. The summed E-state index contributed by atoms with van der Waals surface area (Å²) in [4.78, 5) is 19.4. The van der Waals surface area contributed by atoms with Crippen LogP contribution in [0, 0.1) is 0 Å². The standard InChI is InChI=1S/C20H17N5O2/c21-19(27)14-10-22-20(23-11-14)24-17-2-1-3-18-16(17)8-9-25(18)12-13-4-6-15(26)7-5-13/h1-11,26H,12H2,(H2,21,27)(H,22,23,24). The van der Waals surface area contributed by atoms with Crippen molar-refractivity contribution in [3.63, 3.8) is 0 Å². The van der Waals surface area contributed by atoms with E-state index in [1.807, 2.05) is 42.6 Å². The van der Waals surface area contributed by atoms with E-state index in [1.54, 1.807) is 12.1 Å². The number of primary amides is 1. The number of fused-ring (bicyclic) bond motifs is 1. The molecular weight excluding hydrogens is 342 g/mol. The van der Waals surface area contributed by atoms with E-state index in [9.17, 15) is 9.90 Å². The van der Waals surface area contributed by atoms with Gasteiger partial charge in [-0.3, -0.25) is 4.79 Å². The predicted molar refractivity (Wildman–Crippen MR) is 103 cm³/mol. The summed E-state index contributed by atoms with van der Waals surface area (Å²) < 4.78 is 2.13. The third-order valence-electron chi connectivity index (χ3n) is 4.29. The maximum Gasteiger partial charge on any atom is 0.251 e. The fourth-order valence-corrected chi connectivity index (χ4v) is 2.91. The molecule has 0 aliphatic carbocycles. The highest BCUT2D eigenvalue weighted by Gasteiger charge is 2.08. The Balaban J connectivity index is 1.62. The number of amides is 1. The second kappa shape index (κ2) is 6.80. The number of aromatic nitrogens is 3. The third kappa shape index (κ3) is 3.43. The fourth-order valence-electron chi connectivity index (χ4n) is 2.91. The SMILES string of the molecule is NC(=O)c1cnc(Nc2cccc3c2ccn3Cc2ccc(O)cc2)nc1. The zero-order valence-electron chi connectivity index (χ0n) is 14.3. The lowest BCUT2D eigenvalue weighted by atomic mass is 10.2. The molecule has 0 saturated carbocycles. The van der Waals surface area contributed by atoms with Crippen LogP contribution in [0.5, 0.6) is 5.75 Å². The number of carbonyl (C=O) groups excluding carboxylic acids is 1. The molecule has 0 radical (unpaired) electrons. The summed E-state index contributed by atoms with van der Waals surface area (Å²) in [5.41, 5.74) is 8.49. The highest BCUT2D eigenvalue weighted by molar-refractivity contribution is 5.94. The van der Waals surface area contributed by atoms with Crippen LogP contribution >= 0.6 is 0 Å². The van der Waals surface area contributed by atoms with Crippen LogP contribution in [0.15, 0.2) is 67.1 Å². The molecule has 0 atom stereocenters. The lowest BCUT2D eigenvalue weighted by molar-refractivity contribution is 0.0999. The molecule has 0 unspecified atom stereocenters. The molecule has 2 aromatic heterocycles. The van der Waals surface area contributed by atoms with Gasteiger partial charge in [0, 0.05) is 30.5 Å². The molecule has 2 heterocycles. The van der Waals surface area contributed by atoms with Crippen LogP contribution in [0.4, 0.5) is 11.6 Å². The molecule has 134 valence electrons. The van der Waals surface area contributed by atoms with E-state index in [-0.39, 0.29) is 11.3 Å². The van der Waals surface area contributed by atoms with Crippen molar-refractivity contribution in [2.24, 2.45) is 5.73 Å². The third-order valence-corrected chi connectivity index (χ3v) is 4.29. The van der Waals surface area contributed by atoms with Crippen LogP contribution in [0.25, 0.3) is 10.9 Å². The number of anilines is 2. The number of rotatable bonds is 5. The fraction of sp³-hybridized carbons (Fsp3) is 0.0500. The first-order valence-corrected chi connectivity index (χ1v) is 8.35. The summed E-state index contributed by atoms with van der Waals surface area (Å²) >= 11 is 0. The second-order valence-electron chi connectivity index (χ2n) is 6.13. The molecule has 7 nitrogen and oxygen atoms in total. The Kier molecular flexibility index (Phi) is 4.18. The van der Waals surface area contributed by atoms with E-state index >= 15 is 0 Å². The Morgan fingerprint density at radius 1 is 1.07 bits per heavy atom. The van der Waals surface area contributed by atoms with E-state index < -0.39 is 5.91 Å². The number of nitrogens with one attached hydrogen (secondary N) is 1. The topological polar surface area (TPSA) is 106 Å². The summed E-state index contributed by atoms with van der Waals surface area (Å²) in [7, 11) is 0. The van der Waals surface area contributed by atoms with Crippen LogP contribution in [0.1, 0.15) is 15.9 Å². The van der Waals surface area contributed by atoms with Gasteiger partial charge in [0.1, 0.15) is 5.75 Å². The molecule has 0 aliphatic heterocycles. The highest BCUT2D eigenvalue weighted by Crippen LogP contribution is 2.27. The molecule has 0 bridgehead atoms. The van der Waals surface area contributed by atoms with Gasteiger partial charge in [-0.25, -0.2) is 9.97 Å². The van der Waals surface area contributed by atoms with E-state index in [4.69, 9.17) is 5.73 Å². The lowest BCUT2D eigenvalue weighted by Gasteiger charge is -2.09. The zero-order chi connectivity index (χ0) is 18.8. The largest absolute Gasteiger partial charge is 0.508 e. The molecule has 0 spiro atoms. The van der Waals surface area contributed by atoms with Crippen molar-refractivity contribution in [1.82, 2.24) is 14.5 Å². The maximum atomic E-state index is 11.1. The zero-order valence-corrected chi connectivity index (χ0v) is 14.3. The summed E-state index contributed by atoms with van der Waals surface area (Å²) in [6.07, 6.45) is 4.81. The minimum Gasteiger partial charge on any atom is -0.508 e. The Morgan fingerprint density at radius 3 is 2.52 bits per heavy atom. The molecule has 0 fully saturated rings. The number of nitrogens with zero attached hydrogens (tertiary/aromatic N) is 3. The molecule has 0 saturated heterocycles. The van der Waals surface area contributed by atoms with Gasteiger partial charge >= 0.3 is 0 Å². The van der Waals surface area contributed by atoms with Gasteiger partial charge in [0.2, 0.25) is 5.95 Å². The highest BCUT2D eigenvalue weighted by atomic mass is 16.3. The van der Waals surface area contributed by atoms with Gasteiger partial charge in [-0.15, -0.1) is 0 Å². The second-order valence-corrected chi connectivity index (χ2v) is 6.13. The average Bonchev–Trinajstić information content (AvgIpc) is 3.08. The number of nitrogens with two attached hydrogens (primary N) is 1. The van der Waals surface area contributed by atoms with E-state index in [1.165, 1.54) is 12.4 Å². The van der Waals surface area contributed by atoms with Gasteiger partial charge in [-0.05, 0) is 35.9 Å². The summed E-state index contributed by atoms with van der Waals surface area (Å²) in [6, 6.07) is 15.1. The first-order valence-electron chi connectivity index (χ1n) is 8.35. The molecule has 0 aliphatic rings. The summed E-state index contributed by atoms with van der Waals surface area (Å²) in [5, 5.41) is 13.6. The lowest BCUT2D eigenvalue weighted by Crippen LogP contribution is -2.12. The van der Waals surface area contributed by atoms with Crippen molar-refractivity contribution in [1.29, 1.82) is 0 Å². The molecule has 4 rings (SSSR count). The summed E-state index contributed by atoms with van der Waals surface area (Å²) in [6.45, 7) is 0.692. The normalized spacial score (nSPS) is 10.8. The number of phenolic OH excluding ortho intramolecular Hbond substituents is 1. The quantitative estimate of drug-likeness (QED) is 0.508. The van der Waals surface area contributed by atoms with Crippen LogP contribution in [0.3, 0.4) is 0 Å². The van der Waals surface area contributed by atoms with Gasteiger partial charge in [0.25, 0.3) is 5.91 Å². The monoisotopic (exact) mass is 359 g/mol. The maximum absolute atomic E-state index is 11.1. The molecular formula is C20H17N5O2. The number of hydrogen-bond acceptors (Lipinski definition) is 5. The van der Waals surface area contributed by atoms with Crippen molar-refractivity contribution in [2.45, 2.75) is 6.54 Å². The Labute approximate surface area is 155 Å². The molecule has 7 heteroatoms. The van der Waals surface area contributed by atoms with Crippen LogP contribution in [-0.2, 0) is 6.54 Å². The Bertz CT molecular complexity index is 1100. The van der Waals surface area contributed by atoms with Crippen molar-refractivity contribution < 1.29 is 9.90 Å². The number of hydrogen-bond donors (Lipinski definition) is 3. The Morgan fingerprint density at radius 2 is 1.81 bits per heavy atom. The molecule has 1 amide bonds. The molecule has 27 heavy (non-hydrogen) atoms. The van der Waals surface area contributed by atoms with Gasteiger partial charge in [-0.2, -0.15) is 0 Å². The van der Waals surface area contributed by atoms with E-state index in [0.717, 1.165) is 22.2 Å². The van der Waals surface area contributed by atoms with Crippen molar-refractivity contribution in [3.05, 3.63) is 78.2 Å². The number of benzene rings is 2. The van der Waals surface area contributed by atoms with Crippen LogP contribution in [-0.4, -0.2) is 25.5 Å². The van der Waals surface area contributed by atoms with Gasteiger partial charge in [0.05, 0.1) is 16.8 Å². The van der Waals surface area contributed by atoms with Crippen molar-refractivity contribution in [3.8, 4) is 5.75 Å². The van der Waals surface area contributed by atoms with Gasteiger partial charge in [-0.1, -0.05) is 18.2 Å².